The Labute approximate surface area is 82.9 Å². The van der Waals surface area contributed by atoms with E-state index < -0.39 is 12.0 Å². The summed E-state index contributed by atoms with van der Waals surface area (Å²) >= 11 is 0. The number of nitrogens with two attached hydrogens (primary N) is 1. The molecule has 0 fully saturated rings. The number of alkyl halides is 2. The minimum Gasteiger partial charge on any atom is -0.322 e. The average Bonchev–Trinajstić information content (AvgIpc) is 2.01. The predicted molar refractivity (Wildman–Crippen MR) is 53.3 cm³/mol. The Morgan fingerprint density at radius 3 is 2.29 bits per heavy atom. The zero-order chi connectivity index (χ0) is 10.9. The van der Waals surface area contributed by atoms with Gasteiger partial charge < -0.3 is 5.73 Å². The maximum Gasteiger partial charge on any atom is 0.264 e. The maximum atomic E-state index is 12.6. The molecule has 2 N–H and O–H groups in total. The highest BCUT2D eigenvalue weighted by molar-refractivity contribution is 5.36. The molecule has 0 amide bonds. The van der Waals surface area contributed by atoms with E-state index >= 15 is 0 Å². The molecule has 0 saturated carbocycles. The summed E-state index contributed by atoms with van der Waals surface area (Å²) in [5.41, 5.74) is 6.61. The van der Waals surface area contributed by atoms with Crippen molar-refractivity contribution in [3.63, 3.8) is 0 Å². The lowest BCUT2D eigenvalue weighted by molar-refractivity contribution is 0.148. The first-order chi connectivity index (χ1) is 6.32. The highest BCUT2D eigenvalue weighted by atomic mass is 19.3. The first kappa shape index (κ1) is 11.1. The van der Waals surface area contributed by atoms with Crippen LogP contribution in [0.1, 0.15) is 37.0 Å². The Bertz CT molecular complexity index is 327. The molecule has 1 nitrogen and oxygen atoms in total. The number of benzene rings is 1. The standard InChI is InChI=1S/C11H15F2N/c1-7-4-5-8(10(12)13)9(6-7)11(2,3)14/h4-6,10H,14H2,1-3H3. The van der Waals surface area contributed by atoms with Crippen molar-refractivity contribution in [2.24, 2.45) is 5.73 Å². The minimum atomic E-state index is -2.46. The molecule has 0 aliphatic carbocycles. The molecule has 0 bridgehead atoms. The quantitative estimate of drug-likeness (QED) is 0.778. The summed E-state index contributed by atoms with van der Waals surface area (Å²) in [7, 11) is 0. The number of rotatable bonds is 2. The zero-order valence-electron chi connectivity index (χ0n) is 8.64. The van der Waals surface area contributed by atoms with Gasteiger partial charge in [0, 0.05) is 11.1 Å². The third-order valence-corrected chi connectivity index (χ3v) is 2.14. The highest BCUT2D eigenvalue weighted by Crippen LogP contribution is 2.29. The molecule has 3 heteroatoms. The lowest BCUT2D eigenvalue weighted by Crippen LogP contribution is -2.30. The molecular formula is C11H15F2N. The second-order valence-electron chi connectivity index (χ2n) is 4.11. The van der Waals surface area contributed by atoms with Gasteiger partial charge >= 0.3 is 0 Å². The molecule has 0 radical (unpaired) electrons. The molecule has 1 aromatic carbocycles. The third kappa shape index (κ3) is 2.29. The van der Waals surface area contributed by atoms with E-state index in [2.05, 4.69) is 0 Å². The summed E-state index contributed by atoms with van der Waals surface area (Å²) < 4.78 is 25.3. The third-order valence-electron chi connectivity index (χ3n) is 2.14. The Morgan fingerprint density at radius 2 is 1.86 bits per heavy atom. The van der Waals surface area contributed by atoms with E-state index in [-0.39, 0.29) is 5.56 Å². The van der Waals surface area contributed by atoms with Crippen molar-refractivity contribution >= 4 is 0 Å². The summed E-state index contributed by atoms with van der Waals surface area (Å²) in [5, 5.41) is 0. The summed E-state index contributed by atoms with van der Waals surface area (Å²) in [4.78, 5) is 0. The molecule has 0 aliphatic heterocycles. The summed E-state index contributed by atoms with van der Waals surface area (Å²) in [5.74, 6) is 0. The Balaban J connectivity index is 3.30. The van der Waals surface area contributed by atoms with Crippen molar-refractivity contribution in [2.75, 3.05) is 0 Å². The fraction of sp³-hybridized carbons (Fsp3) is 0.455. The first-order valence-corrected chi connectivity index (χ1v) is 4.50. The second kappa shape index (κ2) is 3.65. The van der Waals surface area contributed by atoms with Crippen LogP contribution in [0.15, 0.2) is 18.2 Å². The topological polar surface area (TPSA) is 26.0 Å². The van der Waals surface area contributed by atoms with Gasteiger partial charge in [-0.3, -0.25) is 0 Å². The van der Waals surface area contributed by atoms with E-state index in [0.29, 0.717) is 5.56 Å². The van der Waals surface area contributed by atoms with Crippen molar-refractivity contribution in [1.29, 1.82) is 0 Å². The first-order valence-electron chi connectivity index (χ1n) is 4.50. The number of halogens is 2. The van der Waals surface area contributed by atoms with E-state index in [9.17, 15) is 8.78 Å². The van der Waals surface area contributed by atoms with Gasteiger partial charge in [0.2, 0.25) is 0 Å². The van der Waals surface area contributed by atoms with E-state index in [4.69, 9.17) is 5.73 Å². The molecule has 78 valence electrons. The molecule has 0 atom stereocenters. The molecule has 0 aromatic heterocycles. The second-order valence-corrected chi connectivity index (χ2v) is 4.11. The van der Waals surface area contributed by atoms with Crippen LogP contribution in [0.3, 0.4) is 0 Å². The van der Waals surface area contributed by atoms with Crippen LogP contribution in [0, 0.1) is 6.92 Å². The highest BCUT2D eigenvalue weighted by Gasteiger charge is 2.22. The largest absolute Gasteiger partial charge is 0.322 e. The van der Waals surface area contributed by atoms with Crippen LogP contribution in [-0.2, 0) is 5.54 Å². The SMILES string of the molecule is Cc1ccc(C(F)F)c(C(C)(C)N)c1. The van der Waals surface area contributed by atoms with E-state index in [0.717, 1.165) is 5.56 Å². The van der Waals surface area contributed by atoms with Crippen LogP contribution >= 0.6 is 0 Å². The lowest BCUT2D eigenvalue weighted by atomic mass is 9.90. The van der Waals surface area contributed by atoms with E-state index in [1.165, 1.54) is 6.07 Å². The summed E-state index contributed by atoms with van der Waals surface area (Å²) in [6, 6.07) is 4.85. The van der Waals surface area contributed by atoms with Crippen LogP contribution < -0.4 is 5.73 Å². The summed E-state index contributed by atoms with van der Waals surface area (Å²) in [6.45, 7) is 5.33. The van der Waals surface area contributed by atoms with Crippen LogP contribution in [0.5, 0.6) is 0 Å². The van der Waals surface area contributed by atoms with Crippen molar-refractivity contribution < 1.29 is 8.78 Å². The maximum absolute atomic E-state index is 12.6. The molecule has 1 aromatic rings. The van der Waals surface area contributed by atoms with Crippen molar-refractivity contribution in [3.8, 4) is 0 Å². The van der Waals surface area contributed by atoms with Crippen molar-refractivity contribution in [1.82, 2.24) is 0 Å². The normalized spacial score (nSPS) is 12.2. The average molecular weight is 199 g/mol. The van der Waals surface area contributed by atoms with Gasteiger partial charge in [-0.25, -0.2) is 8.78 Å². The lowest BCUT2D eigenvalue weighted by Gasteiger charge is -2.23. The number of hydrogen-bond acceptors (Lipinski definition) is 1. The monoisotopic (exact) mass is 199 g/mol. The van der Waals surface area contributed by atoms with Gasteiger partial charge in [-0.2, -0.15) is 0 Å². The fourth-order valence-electron chi connectivity index (χ4n) is 1.42. The smallest absolute Gasteiger partial charge is 0.264 e. The van der Waals surface area contributed by atoms with Gasteiger partial charge in [0.15, 0.2) is 0 Å². The molecule has 0 heterocycles. The molecule has 1 rings (SSSR count). The Morgan fingerprint density at radius 1 is 1.29 bits per heavy atom. The van der Waals surface area contributed by atoms with Crippen LogP contribution in [0.25, 0.3) is 0 Å². The van der Waals surface area contributed by atoms with E-state index in [1.807, 2.05) is 6.92 Å². The molecule has 0 saturated heterocycles. The van der Waals surface area contributed by atoms with E-state index in [1.54, 1.807) is 26.0 Å². The molecule has 0 aliphatic rings. The number of aryl methyl sites for hydroxylation is 1. The van der Waals surface area contributed by atoms with Gasteiger partial charge in [0.1, 0.15) is 0 Å². The zero-order valence-corrected chi connectivity index (χ0v) is 8.64. The van der Waals surface area contributed by atoms with Crippen molar-refractivity contribution in [2.45, 2.75) is 32.7 Å². The molecule has 0 unspecified atom stereocenters. The Hall–Kier alpha value is -0.960. The molecule has 0 spiro atoms. The van der Waals surface area contributed by atoms with Gasteiger partial charge in [-0.1, -0.05) is 23.8 Å². The minimum absolute atomic E-state index is 0.0306. The van der Waals surface area contributed by atoms with Gasteiger partial charge in [-0.15, -0.1) is 0 Å². The van der Waals surface area contributed by atoms with Crippen LogP contribution in [0.4, 0.5) is 8.78 Å². The van der Waals surface area contributed by atoms with Gasteiger partial charge in [0.05, 0.1) is 0 Å². The van der Waals surface area contributed by atoms with Crippen LogP contribution in [-0.4, -0.2) is 0 Å². The fourth-order valence-corrected chi connectivity index (χ4v) is 1.42. The van der Waals surface area contributed by atoms with Gasteiger partial charge in [-0.05, 0) is 26.3 Å². The van der Waals surface area contributed by atoms with Gasteiger partial charge in [0.25, 0.3) is 6.43 Å². The Kier molecular flexibility index (Phi) is 2.90. The number of hydrogen-bond donors (Lipinski definition) is 1. The van der Waals surface area contributed by atoms with Crippen LogP contribution in [0.2, 0.25) is 0 Å². The summed E-state index contributed by atoms with van der Waals surface area (Å²) in [6.07, 6.45) is -2.46. The molecular weight excluding hydrogens is 184 g/mol. The van der Waals surface area contributed by atoms with Crippen molar-refractivity contribution in [3.05, 3.63) is 34.9 Å². The predicted octanol–water partition coefficient (Wildman–Crippen LogP) is 3.13. The molecule has 14 heavy (non-hydrogen) atoms.